The Morgan fingerprint density at radius 2 is 2.04 bits per heavy atom. The van der Waals surface area contributed by atoms with E-state index in [1.807, 2.05) is 13.0 Å². The van der Waals surface area contributed by atoms with Gasteiger partial charge in [-0.1, -0.05) is 30.0 Å². The average molecular weight is 343 g/mol. The first-order valence-electron chi connectivity index (χ1n) is 7.62. The Hall–Kier alpha value is -2.34. The number of aliphatic imine (C=N–C) groups is 1. The van der Waals surface area contributed by atoms with Gasteiger partial charge in [-0.25, -0.2) is 4.39 Å². The molecule has 124 valence electrons. The van der Waals surface area contributed by atoms with Crippen molar-refractivity contribution in [3.63, 3.8) is 0 Å². The van der Waals surface area contributed by atoms with Crippen molar-refractivity contribution in [1.29, 1.82) is 0 Å². The third kappa shape index (κ3) is 3.43. The van der Waals surface area contributed by atoms with Crippen LogP contribution in [-0.4, -0.2) is 16.8 Å². The molecule has 3 rings (SSSR count). The summed E-state index contributed by atoms with van der Waals surface area (Å²) in [5.41, 5.74) is 6.56. The number of nitrogen functional groups attached to an aromatic ring is 1. The van der Waals surface area contributed by atoms with E-state index in [1.54, 1.807) is 30.3 Å². The normalized spacial score (nSPS) is 20.3. The number of carbonyl (C=O) groups excluding carboxylic acids is 1. The summed E-state index contributed by atoms with van der Waals surface area (Å²) in [6, 6.07) is 13.4. The van der Waals surface area contributed by atoms with Crippen LogP contribution in [0, 0.1) is 5.82 Å². The monoisotopic (exact) mass is 343 g/mol. The molecule has 0 aliphatic carbocycles. The number of amidine groups is 1. The van der Waals surface area contributed by atoms with Crippen LogP contribution in [0.5, 0.6) is 0 Å². The van der Waals surface area contributed by atoms with Crippen LogP contribution >= 0.6 is 11.8 Å². The number of carbonyl (C=O) groups is 1. The van der Waals surface area contributed by atoms with Crippen LogP contribution < -0.4 is 11.1 Å². The second-order valence-corrected chi connectivity index (χ2v) is 6.93. The van der Waals surface area contributed by atoms with Gasteiger partial charge in [0.25, 0.3) is 5.91 Å². The lowest BCUT2D eigenvalue weighted by Gasteiger charge is -2.31. The van der Waals surface area contributed by atoms with Crippen LogP contribution in [0.4, 0.5) is 10.1 Å². The van der Waals surface area contributed by atoms with Crippen molar-refractivity contribution in [2.45, 2.75) is 18.9 Å². The first-order valence-corrected chi connectivity index (χ1v) is 8.61. The van der Waals surface area contributed by atoms with Gasteiger partial charge in [0.15, 0.2) is 5.17 Å². The maximum atomic E-state index is 14.2. The van der Waals surface area contributed by atoms with Gasteiger partial charge in [-0.15, -0.1) is 0 Å². The zero-order valence-electron chi connectivity index (χ0n) is 13.3. The second kappa shape index (κ2) is 6.65. The average Bonchev–Trinajstić information content (AvgIpc) is 2.58. The molecule has 0 radical (unpaired) electrons. The molecule has 0 fully saturated rings. The first-order chi connectivity index (χ1) is 11.5. The highest BCUT2D eigenvalue weighted by Crippen LogP contribution is 2.37. The third-order valence-corrected chi connectivity index (χ3v) is 4.88. The summed E-state index contributed by atoms with van der Waals surface area (Å²) in [6.45, 7) is 1.86. The van der Waals surface area contributed by atoms with Crippen molar-refractivity contribution < 1.29 is 9.18 Å². The van der Waals surface area contributed by atoms with Crippen LogP contribution in [0.1, 0.15) is 29.3 Å². The van der Waals surface area contributed by atoms with E-state index in [-0.39, 0.29) is 11.7 Å². The number of benzene rings is 2. The molecule has 4 nitrogen and oxygen atoms in total. The quantitative estimate of drug-likeness (QED) is 0.820. The predicted molar refractivity (Wildman–Crippen MR) is 96.6 cm³/mol. The molecule has 1 unspecified atom stereocenters. The molecule has 2 aromatic carbocycles. The standard InChI is InChI=1S/C18H18FN3OS/c1-18(14-11-13(20)7-8-15(14)19)9-10-24-17(22-18)21-16(23)12-5-3-2-4-6-12/h2-8,11H,9-10,20H2,1H3,(H,21,22,23). The van der Waals surface area contributed by atoms with E-state index in [0.717, 1.165) is 5.75 Å². The highest BCUT2D eigenvalue weighted by atomic mass is 32.2. The molecule has 0 spiro atoms. The maximum Gasteiger partial charge on any atom is 0.257 e. The number of halogens is 1. The van der Waals surface area contributed by atoms with E-state index in [0.29, 0.717) is 28.4 Å². The van der Waals surface area contributed by atoms with Crippen molar-refractivity contribution in [2.75, 3.05) is 11.5 Å². The van der Waals surface area contributed by atoms with Crippen LogP contribution in [0.15, 0.2) is 53.5 Å². The molecule has 1 aliphatic rings. The van der Waals surface area contributed by atoms with Crippen molar-refractivity contribution in [3.8, 4) is 0 Å². The number of anilines is 1. The molecule has 1 aliphatic heterocycles. The molecular formula is C18H18FN3OS. The van der Waals surface area contributed by atoms with Gasteiger partial charge in [-0.05, 0) is 43.7 Å². The molecule has 6 heteroatoms. The molecule has 24 heavy (non-hydrogen) atoms. The minimum Gasteiger partial charge on any atom is -0.399 e. The summed E-state index contributed by atoms with van der Waals surface area (Å²) < 4.78 is 14.2. The van der Waals surface area contributed by atoms with Crippen LogP contribution in [0.2, 0.25) is 0 Å². The number of hydrogen-bond acceptors (Lipinski definition) is 4. The fourth-order valence-corrected chi connectivity index (χ4v) is 3.76. The van der Waals surface area contributed by atoms with Crippen LogP contribution in [0.3, 0.4) is 0 Å². The lowest BCUT2D eigenvalue weighted by molar-refractivity contribution is 0.0977. The summed E-state index contributed by atoms with van der Waals surface area (Å²) in [6.07, 6.45) is 0.669. The highest BCUT2D eigenvalue weighted by molar-refractivity contribution is 8.13. The Bertz CT molecular complexity index is 794. The molecule has 1 atom stereocenters. The Labute approximate surface area is 144 Å². The Balaban J connectivity index is 1.87. The molecule has 1 heterocycles. The Kier molecular flexibility index (Phi) is 4.57. The molecule has 3 N–H and O–H groups in total. The van der Waals surface area contributed by atoms with Gasteiger partial charge >= 0.3 is 0 Å². The fourth-order valence-electron chi connectivity index (χ4n) is 2.63. The Morgan fingerprint density at radius 1 is 1.29 bits per heavy atom. The zero-order valence-corrected chi connectivity index (χ0v) is 14.1. The van der Waals surface area contributed by atoms with Crippen molar-refractivity contribution >= 4 is 28.5 Å². The van der Waals surface area contributed by atoms with Gasteiger partial charge in [0.1, 0.15) is 5.82 Å². The summed E-state index contributed by atoms with van der Waals surface area (Å²) in [4.78, 5) is 16.9. The minimum atomic E-state index is -0.746. The van der Waals surface area contributed by atoms with E-state index in [1.165, 1.54) is 23.9 Å². The van der Waals surface area contributed by atoms with E-state index in [2.05, 4.69) is 10.3 Å². The summed E-state index contributed by atoms with van der Waals surface area (Å²) in [5.74, 6) is 0.175. The molecule has 0 saturated carbocycles. The minimum absolute atomic E-state index is 0.223. The number of thioether (sulfide) groups is 1. The van der Waals surface area contributed by atoms with E-state index >= 15 is 0 Å². The summed E-state index contributed by atoms with van der Waals surface area (Å²) in [7, 11) is 0. The second-order valence-electron chi connectivity index (χ2n) is 5.85. The van der Waals surface area contributed by atoms with E-state index < -0.39 is 5.54 Å². The Morgan fingerprint density at radius 3 is 2.79 bits per heavy atom. The molecular weight excluding hydrogens is 325 g/mol. The van der Waals surface area contributed by atoms with Gasteiger partial charge in [0.05, 0.1) is 5.54 Å². The van der Waals surface area contributed by atoms with Crippen molar-refractivity contribution in [1.82, 2.24) is 5.32 Å². The topological polar surface area (TPSA) is 67.5 Å². The number of nitrogens with one attached hydrogen (secondary N) is 1. The summed E-state index contributed by atoms with van der Waals surface area (Å²) in [5, 5.41) is 3.31. The van der Waals surface area contributed by atoms with Gasteiger partial charge in [0, 0.05) is 22.6 Å². The van der Waals surface area contributed by atoms with Crippen LogP contribution in [-0.2, 0) is 5.54 Å². The molecule has 1 amide bonds. The predicted octanol–water partition coefficient (Wildman–Crippen LogP) is 3.55. The smallest absolute Gasteiger partial charge is 0.257 e. The third-order valence-electron chi connectivity index (χ3n) is 4.00. The van der Waals surface area contributed by atoms with Crippen molar-refractivity contribution in [2.24, 2.45) is 4.99 Å². The number of hydrogen-bond donors (Lipinski definition) is 2. The molecule has 0 bridgehead atoms. The van der Waals surface area contributed by atoms with Gasteiger partial charge in [0.2, 0.25) is 0 Å². The maximum absolute atomic E-state index is 14.2. The lowest BCUT2D eigenvalue weighted by atomic mass is 9.89. The highest BCUT2D eigenvalue weighted by Gasteiger charge is 2.33. The molecule has 2 aromatic rings. The lowest BCUT2D eigenvalue weighted by Crippen LogP contribution is -2.35. The zero-order chi connectivity index (χ0) is 17.2. The van der Waals surface area contributed by atoms with Crippen molar-refractivity contribution in [3.05, 3.63) is 65.5 Å². The SMILES string of the molecule is CC1(c2cc(N)ccc2F)CCSC(NC(=O)c2ccccc2)=N1. The molecule has 0 saturated heterocycles. The summed E-state index contributed by atoms with van der Waals surface area (Å²) >= 11 is 1.46. The number of nitrogens with two attached hydrogens (primary N) is 1. The van der Waals surface area contributed by atoms with E-state index in [4.69, 9.17) is 5.73 Å². The van der Waals surface area contributed by atoms with Gasteiger partial charge in [-0.2, -0.15) is 0 Å². The fraction of sp³-hybridized carbons (Fsp3) is 0.222. The molecule has 0 aromatic heterocycles. The largest absolute Gasteiger partial charge is 0.399 e. The number of rotatable bonds is 2. The van der Waals surface area contributed by atoms with Gasteiger partial charge < -0.3 is 11.1 Å². The number of nitrogens with zero attached hydrogens (tertiary/aromatic N) is 1. The van der Waals surface area contributed by atoms with Gasteiger partial charge in [-0.3, -0.25) is 9.79 Å². The number of amides is 1. The van der Waals surface area contributed by atoms with E-state index in [9.17, 15) is 9.18 Å². The van der Waals surface area contributed by atoms with Crippen LogP contribution in [0.25, 0.3) is 0 Å². The first kappa shape index (κ1) is 16.5.